The van der Waals surface area contributed by atoms with E-state index in [2.05, 4.69) is 0 Å². The van der Waals surface area contributed by atoms with E-state index in [1.54, 1.807) is 67.6 Å². The zero-order chi connectivity index (χ0) is 18.5. The molecule has 1 aliphatic heterocycles. The van der Waals surface area contributed by atoms with Crippen molar-refractivity contribution in [3.63, 3.8) is 0 Å². The van der Waals surface area contributed by atoms with Crippen LogP contribution in [0.15, 0.2) is 60.7 Å². The SMILES string of the molecule is CC1CC(OC(=O)c2ccccc2)C(OC(=O)c2ccccc2)C(O)O1. The Labute approximate surface area is 151 Å². The third-order valence-electron chi connectivity index (χ3n) is 4.10. The molecule has 0 amide bonds. The van der Waals surface area contributed by atoms with Crippen molar-refractivity contribution in [1.82, 2.24) is 0 Å². The van der Waals surface area contributed by atoms with E-state index in [0.29, 0.717) is 17.5 Å². The fourth-order valence-corrected chi connectivity index (χ4v) is 2.81. The van der Waals surface area contributed by atoms with Crippen LogP contribution in [0.25, 0.3) is 0 Å². The lowest BCUT2D eigenvalue weighted by Crippen LogP contribution is -2.51. The predicted octanol–water partition coefficient (Wildman–Crippen LogP) is 2.56. The van der Waals surface area contributed by atoms with Crippen LogP contribution in [0, 0.1) is 0 Å². The zero-order valence-corrected chi connectivity index (χ0v) is 14.3. The summed E-state index contributed by atoms with van der Waals surface area (Å²) in [5, 5.41) is 10.2. The summed E-state index contributed by atoms with van der Waals surface area (Å²) < 4.78 is 16.2. The number of carbonyl (C=O) groups is 2. The van der Waals surface area contributed by atoms with Gasteiger partial charge in [0.05, 0.1) is 17.2 Å². The van der Waals surface area contributed by atoms with Crippen LogP contribution in [-0.2, 0) is 14.2 Å². The maximum atomic E-state index is 12.3. The number of carbonyl (C=O) groups excluding carboxylic acids is 2. The van der Waals surface area contributed by atoms with Gasteiger partial charge in [-0.05, 0) is 31.2 Å². The van der Waals surface area contributed by atoms with E-state index < -0.39 is 30.4 Å². The average Bonchev–Trinajstić information content (AvgIpc) is 2.65. The molecular formula is C20H20O6. The number of hydrogen-bond acceptors (Lipinski definition) is 6. The maximum absolute atomic E-state index is 12.3. The third-order valence-corrected chi connectivity index (χ3v) is 4.10. The Morgan fingerprint density at radius 1 is 0.923 bits per heavy atom. The second-order valence-corrected chi connectivity index (χ2v) is 6.12. The molecule has 2 aromatic carbocycles. The van der Waals surface area contributed by atoms with Crippen molar-refractivity contribution in [3.05, 3.63) is 71.8 Å². The standard InChI is InChI=1S/C20H20O6/c1-13-12-16(25-18(21)14-8-4-2-5-9-14)17(20(23)24-13)26-19(22)15-10-6-3-7-11-15/h2-11,13,16-17,20,23H,12H2,1H3. The van der Waals surface area contributed by atoms with Crippen LogP contribution < -0.4 is 0 Å². The Hall–Kier alpha value is -2.70. The second kappa shape index (κ2) is 8.12. The first-order chi connectivity index (χ1) is 12.5. The molecular weight excluding hydrogens is 336 g/mol. The van der Waals surface area contributed by atoms with E-state index >= 15 is 0 Å². The van der Waals surface area contributed by atoms with Gasteiger partial charge in [0, 0.05) is 6.42 Å². The van der Waals surface area contributed by atoms with E-state index in [-0.39, 0.29) is 6.10 Å². The quantitative estimate of drug-likeness (QED) is 0.848. The molecule has 4 atom stereocenters. The van der Waals surface area contributed by atoms with E-state index in [0.717, 1.165) is 0 Å². The molecule has 0 radical (unpaired) electrons. The van der Waals surface area contributed by atoms with Crippen LogP contribution in [0.2, 0.25) is 0 Å². The lowest BCUT2D eigenvalue weighted by atomic mass is 10.0. The van der Waals surface area contributed by atoms with Crippen LogP contribution >= 0.6 is 0 Å². The van der Waals surface area contributed by atoms with E-state index in [1.165, 1.54) is 0 Å². The minimum atomic E-state index is -1.38. The van der Waals surface area contributed by atoms with Crippen molar-refractivity contribution < 1.29 is 28.9 Å². The molecule has 2 aromatic rings. The van der Waals surface area contributed by atoms with Crippen molar-refractivity contribution in [2.75, 3.05) is 0 Å². The molecule has 0 saturated carbocycles. The number of benzene rings is 2. The summed E-state index contributed by atoms with van der Waals surface area (Å²) >= 11 is 0. The highest BCUT2D eigenvalue weighted by molar-refractivity contribution is 5.90. The number of aliphatic hydroxyl groups is 1. The van der Waals surface area contributed by atoms with Gasteiger partial charge in [-0.25, -0.2) is 9.59 Å². The number of rotatable bonds is 4. The van der Waals surface area contributed by atoms with Crippen LogP contribution in [-0.4, -0.2) is 41.6 Å². The van der Waals surface area contributed by atoms with Crippen LogP contribution in [0.1, 0.15) is 34.1 Å². The smallest absolute Gasteiger partial charge is 0.338 e. The van der Waals surface area contributed by atoms with Crippen LogP contribution in [0.3, 0.4) is 0 Å². The molecule has 6 nitrogen and oxygen atoms in total. The minimum Gasteiger partial charge on any atom is -0.455 e. The number of aliphatic hydroxyl groups excluding tert-OH is 1. The lowest BCUT2D eigenvalue weighted by Gasteiger charge is -2.37. The third kappa shape index (κ3) is 4.28. The van der Waals surface area contributed by atoms with Crippen molar-refractivity contribution >= 4 is 11.9 Å². The summed E-state index contributed by atoms with van der Waals surface area (Å²) in [7, 11) is 0. The van der Waals surface area contributed by atoms with Gasteiger partial charge in [0.2, 0.25) is 0 Å². The minimum absolute atomic E-state index is 0.308. The van der Waals surface area contributed by atoms with Gasteiger partial charge in [0.15, 0.2) is 12.4 Å². The van der Waals surface area contributed by atoms with E-state index in [4.69, 9.17) is 14.2 Å². The number of ether oxygens (including phenoxy) is 3. The first-order valence-corrected chi connectivity index (χ1v) is 8.40. The Kier molecular flexibility index (Phi) is 5.65. The molecule has 136 valence electrons. The first-order valence-electron chi connectivity index (χ1n) is 8.40. The monoisotopic (exact) mass is 356 g/mol. The van der Waals surface area contributed by atoms with Gasteiger partial charge in [-0.3, -0.25) is 0 Å². The summed E-state index contributed by atoms with van der Waals surface area (Å²) in [6, 6.07) is 16.9. The van der Waals surface area contributed by atoms with Gasteiger partial charge in [0.25, 0.3) is 0 Å². The summed E-state index contributed by atoms with van der Waals surface area (Å²) in [5.41, 5.74) is 0.723. The maximum Gasteiger partial charge on any atom is 0.338 e. The average molecular weight is 356 g/mol. The summed E-state index contributed by atoms with van der Waals surface area (Å²) in [4.78, 5) is 24.7. The topological polar surface area (TPSA) is 82.1 Å². The fraction of sp³-hybridized carbons (Fsp3) is 0.300. The molecule has 0 aromatic heterocycles. The molecule has 1 fully saturated rings. The largest absolute Gasteiger partial charge is 0.455 e. The summed E-state index contributed by atoms with van der Waals surface area (Å²) in [6.45, 7) is 1.75. The van der Waals surface area contributed by atoms with Crippen molar-refractivity contribution in [3.8, 4) is 0 Å². The lowest BCUT2D eigenvalue weighted by molar-refractivity contribution is -0.242. The molecule has 3 rings (SSSR count). The molecule has 0 aliphatic carbocycles. The molecule has 0 bridgehead atoms. The normalized spacial score (nSPS) is 25.3. The molecule has 6 heteroatoms. The van der Waals surface area contributed by atoms with E-state index in [9.17, 15) is 14.7 Å². The second-order valence-electron chi connectivity index (χ2n) is 6.12. The molecule has 1 N–H and O–H groups in total. The van der Waals surface area contributed by atoms with Gasteiger partial charge in [-0.2, -0.15) is 0 Å². The van der Waals surface area contributed by atoms with Gasteiger partial charge in [-0.15, -0.1) is 0 Å². The summed E-state index contributed by atoms with van der Waals surface area (Å²) in [5.74, 6) is -1.16. The highest BCUT2D eigenvalue weighted by Crippen LogP contribution is 2.25. The first kappa shape index (κ1) is 18.1. The Morgan fingerprint density at radius 3 is 1.96 bits per heavy atom. The van der Waals surface area contributed by atoms with Crippen molar-refractivity contribution in [1.29, 1.82) is 0 Å². The van der Waals surface area contributed by atoms with Gasteiger partial charge < -0.3 is 19.3 Å². The molecule has 26 heavy (non-hydrogen) atoms. The van der Waals surface area contributed by atoms with Crippen LogP contribution in [0.4, 0.5) is 0 Å². The Morgan fingerprint density at radius 2 is 1.42 bits per heavy atom. The number of esters is 2. The number of hydrogen-bond donors (Lipinski definition) is 1. The van der Waals surface area contributed by atoms with Crippen molar-refractivity contribution in [2.45, 2.75) is 37.9 Å². The van der Waals surface area contributed by atoms with Gasteiger partial charge in [0.1, 0.15) is 6.10 Å². The fourth-order valence-electron chi connectivity index (χ4n) is 2.81. The molecule has 1 saturated heterocycles. The Bertz CT molecular complexity index is 745. The molecule has 1 aliphatic rings. The highest BCUT2D eigenvalue weighted by atomic mass is 16.7. The summed E-state index contributed by atoms with van der Waals surface area (Å²) in [6.07, 6.45) is -3.33. The van der Waals surface area contributed by atoms with E-state index in [1.807, 2.05) is 0 Å². The zero-order valence-electron chi connectivity index (χ0n) is 14.3. The Balaban J connectivity index is 1.74. The molecule has 4 unspecified atom stereocenters. The molecule has 1 heterocycles. The van der Waals surface area contributed by atoms with Gasteiger partial charge >= 0.3 is 11.9 Å². The van der Waals surface area contributed by atoms with Crippen LogP contribution in [0.5, 0.6) is 0 Å². The van der Waals surface area contributed by atoms with Gasteiger partial charge in [-0.1, -0.05) is 36.4 Å². The predicted molar refractivity (Wildman–Crippen MR) is 92.5 cm³/mol. The molecule has 0 spiro atoms. The highest BCUT2D eigenvalue weighted by Gasteiger charge is 2.42. The van der Waals surface area contributed by atoms with Crippen molar-refractivity contribution in [2.24, 2.45) is 0 Å².